The Bertz CT molecular complexity index is 319. The lowest BCUT2D eigenvalue weighted by molar-refractivity contribution is -0.0531. The first-order valence-electron chi connectivity index (χ1n) is 5.83. The third kappa shape index (κ3) is 3.22. The average Bonchev–Trinajstić information content (AvgIpc) is 2.82. The predicted molar refractivity (Wildman–Crippen MR) is 61.6 cm³/mol. The molecule has 0 aliphatic carbocycles. The molecule has 0 N–H and O–H groups in total. The van der Waals surface area contributed by atoms with Crippen LogP contribution in [0.15, 0.2) is 24.3 Å². The van der Waals surface area contributed by atoms with Gasteiger partial charge in [-0.15, -0.1) is 0 Å². The van der Waals surface area contributed by atoms with Crippen LogP contribution in [0, 0.1) is 0 Å². The fourth-order valence-electron chi connectivity index (χ4n) is 1.70. The summed E-state index contributed by atoms with van der Waals surface area (Å²) in [5.41, 5.74) is 1.30. The Morgan fingerprint density at radius 2 is 2.12 bits per heavy atom. The summed E-state index contributed by atoms with van der Waals surface area (Å²) >= 11 is 0. The van der Waals surface area contributed by atoms with Gasteiger partial charge < -0.3 is 14.2 Å². The molecule has 0 unspecified atom stereocenters. The van der Waals surface area contributed by atoms with E-state index in [2.05, 4.69) is 19.1 Å². The van der Waals surface area contributed by atoms with Gasteiger partial charge in [0.05, 0.1) is 19.8 Å². The number of rotatable bonds is 5. The molecule has 1 aliphatic heterocycles. The van der Waals surface area contributed by atoms with E-state index in [1.54, 1.807) is 0 Å². The van der Waals surface area contributed by atoms with Gasteiger partial charge in [-0.05, 0) is 24.1 Å². The van der Waals surface area contributed by atoms with Gasteiger partial charge >= 0.3 is 0 Å². The maximum Gasteiger partial charge on any atom is 0.161 e. The molecular formula is C13H18O3. The topological polar surface area (TPSA) is 27.7 Å². The minimum absolute atomic E-state index is 0.0747. The van der Waals surface area contributed by atoms with Crippen molar-refractivity contribution >= 4 is 0 Å². The van der Waals surface area contributed by atoms with E-state index in [-0.39, 0.29) is 6.29 Å². The smallest absolute Gasteiger partial charge is 0.161 e. The lowest BCUT2D eigenvalue weighted by Gasteiger charge is -2.10. The van der Waals surface area contributed by atoms with Crippen LogP contribution in [0.4, 0.5) is 0 Å². The van der Waals surface area contributed by atoms with Gasteiger partial charge in [-0.3, -0.25) is 0 Å². The predicted octanol–water partition coefficient (Wildman–Crippen LogP) is 2.39. The van der Waals surface area contributed by atoms with Gasteiger partial charge in [0.25, 0.3) is 0 Å². The summed E-state index contributed by atoms with van der Waals surface area (Å²) in [7, 11) is 0. The van der Waals surface area contributed by atoms with E-state index in [1.165, 1.54) is 5.56 Å². The van der Waals surface area contributed by atoms with E-state index in [9.17, 15) is 0 Å². The van der Waals surface area contributed by atoms with Crippen LogP contribution >= 0.6 is 0 Å². The Kier molecular flexibility index (Phi) is 4.19. The molecule has 1 fully saturated rings. The maximum atomic E-state index is 5.65. The normalized spacial score (nSPS) is 16.6. The summed E-state index contributed by atoms with van der Waals surface area (Å²) in [5.74, 6) is 0.928. The second-order valence-electron chi connectivity index (χ2n) is 3.81. The van der Waals surface area contributed by atoms with Crippen molar-refractivity contribution in [1.82, 2.24) is 0 Å². The van der Waals surface area contributed by atoms with Crippen molar-refractivity contribution in [3.8, 4) is 5.75 Å². The molecule has 1 aromatic rings. The molecule has 0 saturated carbocycles. The molecule has 0 bridgehead atoms. The van der Waals surface area contributed by atoms with Gasteiger partial charge in [-0.2, -0.15) is 0 Å². The van der Waals surface area contributed by atoms with Gasteiger partial charge in [0, 0.05) is 6.42 Å². The van der Waals surface area contributed by atoms with Gasteiger partial charge in [0.1, 0.15) is 5.75 Å². The van der Waals surface area contributed by atoms with Crippen LogP contribution in [-0.4, -0.2) is 26.1 Å². The molecular weight excluding hydrogens is 204 g/mol. The largest absolute Gasteiger partial charge is 0.493 e. The molecule has 1 heterocycles. The molecule has 0 amide bonds. The van der Waals surface area contributed by atoms with Crippen molar-refractivity contribution < 1.29 is 14.2 Å². The van der Waals surface area contributed by atoms with Crippen LogP contribution < -0.4 is 4.74 Å². The highest BCUT2D eigenvalue weighted by Crippen LogP contribution is 2.15. The zero-order valence-corrected chi connectivity index (χ0v) is 9.65. The third-order valence-corrected chi connectivity index (χ3v) is 2.62. The Labute approximate surface area is 96.3 Å². The van der Waals surface area contributed by atoms with Crippen molar-refractivity contribution in [2.45, 2.75) is 26.1 Å². The van der Waals surface area contributed by atoms with Crippen molar-refractivity contribution in [2.75, 3.05) is 19.8 Å². The molecule has 88 valence electrons. The Morgan fingerprint density at radius 3 is 2.88 bits per heavy atom. The highest BCUT2D eigenvalue weighted by molar-refractivity contribution is 5.28. The molecule has 1 aromatic carbocycles. The van der Waals surface area contributed by atoms with Crippen LogP contribution in [0.5, 0.6) is 5.75 Å². The highest BCUT2D eigenvalue weighted by atomic mass is 16.7. The molecule has 1 aliphatic rings. The van der Waals surface area contributed by atoms with Gasteiger partial charge in [-0.1, -0.05) is 19.1 Å². The van der Waals surface area contributed by atoms with Crippen molar-refractivity contribution in [2.24, 2.45) is 0 Å². The summed E-state index contributed by atoms with van der Waals surface area (Å²) in [6.07, 6.45) is 1.75. The quantitative estimate of drug-likeness (QED) is 0.765. The lowest BCUT2D eigenvalue weighted by Crippen LogP contribution is -2.12. The molecule has 3 heteroatoms. The summed E-state index contributed by atoms with van der Waals surface area (Å²) in [6.45, 7) is 4.18. The molecule has 0 atom stereocenters. The first-order valence-corrected chi connectivity index (χ1v) is 5.83. The monoisotopic (exact) mass is 222 g/mol. The van der Waals surface area contributed by atoms with E-state index < -0.39 is 0 Å². The second kappa shape index (κ2) is 5.87. The summed E-state index contributed by atoms with van der Waals surface area (Å²) < 4.78 is 16.3. The maximum absolute atomic E-state index is 5.65. The number of ether oxygens (including phenoxy) is 3. The van der Waals surface area contributed by atoms with Crippen molar-refractivity contribution in [1.29, 1.82) is 0 Å². The average molecular weight is 222 g/mol. The van der Waals surface area contributed by atoms with Gasteiger partial charge in [0.2, 0.25) is 0 Å². The number of aryl methyl sites for hydroxylation is 1. The minimum atomic E-state index is -0.0747. The standard InChI is InChI=1S/C13H18O3/c1-2-11-4-3-5-12(10-11)14-7-6-13-15-8-9-16-13/h3-5,10,13H,2,6-9H2,1H3. The van der Waals surface area contributed by atoms with Crippen molar-refractivity contribution in [3.63, 3.8) is 0 Å². The SMILES string of the molecule is CCc1cccc(OCCC2OCCO2)c1. The van der Waals surface area contributed by atoms with Crippen LogP contribution in [0.2, 0.25) is 0 Å². The molecule has 2 rings (SSSR count). The minimum Gasteiger partial charge on any atom is -0.493 e. The van der Waals surface area contributed by atoms with E-state index in [0.717, 1.165) is 18.6 Å². The van der Waals surface area contributed by atoms with Crippen LogP contribution in [-0.2, 0) is 15.9 Å². The lowest BCUT2D eigenvalue weighted by atomic mass is 10.2. The second-order valence-corrected chi connectivity index (χ2v) is 3.81. The fraction of sp³-hybridized carbons (Fsp3) is 0.538. The van der Waals surface area contributed by atoms with Crippen LogP contribution in [0.3, 0.4) is 0 Å². The van der Waals surface area contributed by atoms with Crippen molar-refractivity contribution in [3.05, 3.63) is 29.8 Å². The first kappa shape index (κ1) is 11.4. The zero-order chi connectivity index (χ0) is 11.2. The van der Waals surface area contributed by atoms with Crippen LogP contribution in [0.25, 0.3) is 0 Å². The van der Waals surface area contributed by atoms with E-state index in [4.69, 9.17) is 14.2 Å². The first-order chi connectivity index (χ1) is 7.88. The molecule has 3 nitrogen and oxygen atoms in total. The molecule has 0 aromatic heterocycles. The van der Waals surface area contributed by atoms with Crippen LogP contribution in [0.1, 0.15) is 18.9 Å². The summed E-state index contributed by atoms with van der Waals surface area (Å²) in [6, 6.07) is 8.19. The Morgan fingerprint density at radius 1 is 1.31 bits per heavy atom. The highest BCUT2D eigenvalue weighted by Gasteiger charge is 2.15. The summed E-state index contributed by atoms with van der Waals surface area (Å²) in [4.78, 5) is 0. The van der Waals surface area contributed by atoms with Gasteiger partial charge in [0.15, 0.2) is 6.29 Å². The van der Waals surface area contributed by atoms with E-state index >= 15 is 0 Å². The van der Waals surface area contributed by atoms with E-state index in [1.807, 2.05) is 12.1 Å². The number of benzene rings is 1. The molecule has 0 spiro atoms. The Hall–Kier alpha value is -1.06. The Balaban J connectivity index is 1.75. The fourth-order valence-corrected chi connectivity index (χ4v) is 1.70. The summed E-state index contributed by atoms with van der Waals surface area (Å²) in [5, 5.41) is 0. The van der Waals surface area contributed by atoms with E-state index in [0.29, 0.717) is 19.8 Å². The zero-order valence-electron chi connectivity index (χ0n) is 9.65. The third-order valence-electron chi connectivity index (χ3n) is 2.62. The number of hydrogen-bond donors (Lipinski definition) is 0. The molecule has 0 radical (unpaired) electrons. The molecule has 1 saturated heterocycles. The van der Waals surface area contributed by atoms with Gasteiger partial charge in [-0.25, -0.2) is 0 Å². The molecule has 16 heavy (non-hydrogen) atoms. The number of hydrogen-bond acceptors (Lipinski definition) is 3.